The van der Waals surface area contributed by atoms with Crippen LogP contribution in [-0.2, 0) is 4.79 Å². The molecule has 0 aliphatic carbocycles. The van der Waals surface area contributed by atoms with E-state index in [1.54, 1.807) is 0 Å². The average Bonchev–Trinajstić information content (AvgIpc) is 2.17. The maximum atomic E-state index is 10.7. The van der Waals surface area contributed by atoms with E-state index in [0.29, 0.717) is 10.9 Å². The molecule has 2 aliphatic rings. The predicted molar refractivity (Wildman–Crippen MR) is 53.4 cm³/mol. The average molecular weight is 228 g/mol. The van der Waals surface area contributed by atoms with Crippen LogP contribution in [0.4, 0.5) is 0 Å². The van der Waals surface area contributed by atoms with Crippen molar-refractivity contribution in [2.24, 2.45) is 10.2 Å². The fourth-order valence-electron chi connectivity index (χ4n) is 1.20. The first-order valence-corrected chi connectivity index (χ1v) is 4.38. The lowest BCUT2D eigenvalue weighted by Crippen LogP contribution is -2.46. The molecule has 0 bridgehead atoms. The third kappa shape index (κ3) is 1.64. The molecular formula is C8H6ClN3O3. The molecule has 78 valence electrons. The normalized spacial score (nSPS) is 24.0. The minimum Gasteiger partial charge on any atom is -0.477 e. The van der Waals surface area contributed by atoms with E-state index < -0.39 is 17.9 Å². The van der Waals surface area contributed by atoms with Gasteiger partial charge >= 0.3 is 5.97 Å². The SMILES string of the molecule is O=C(O)C1=NN=C2C=C(Cl)C=CN2C1O. The molecule has 7 heteroatoms. The molecule has 0 aromatic rings. The first kappa shape index (κ1) is 9.88. The Kier molecular flexibility index (Phi) is 2.29. The molecule has 0 saturated carbocycles. The van der Waals surface area contributed by atoms with Gasteiger partial charge in [0.15, 0.2) is 17.8 Å². The maximum absolute atomic E-state index is 10.7. The van der Waals surface area contributed by atoms with E-state index >= 15 is 0 Å². The Balaban J connectivity index is 2.40. The highest BCUT2D eigenvalue weighted by atomic mass is 35.5. The quantitative estimate of drug-likeness (QED) is 0.666. The highest BCUT2D eigenvalue weighted by Crippen LogP contribution is 2.18. The Morgan fingerprint density at radius 2 is 2.27 bits per heavy atom. The Bertz CT molecular complexity index is 438. The number of aliphatic hydroxyl groups is 1. The third-order valence-corrected chi connectivity index (χ3v) is 2.15. The molecule has 0 radical (unpaired) electrons. The van der Waals surface area contributed by atoms with E-state index in [2.05, 4.69) is 10.2 Å². The molecule has 2 heterocycles. The summed E-state index contributed by atoms with van der Waals surface area (Å²) >= 11 is 5.70. The number of hydrogen-bond donors (Lipinski definition) is 2. The second kappa shape index (κ2) is 3.48. The minimum atomic E-state index is -1.34. The molecule has 0 amide bonds. The lowest BCUT2D eigenvalue weighted by Gasteiger charge is -2.29. The Hall–Kier alpha value is -1.66. The van der Waals surface area contributed by atoms with E-state index in [9.17, 15) is 9.90 Å². The summed E-state index contributed by atoms with van der Waals surface area (Å²) in [4.78, 5) is 11.9. The summed E-state index contributed by atoms with van der Waals surface area (Å²) < 4.78 is 0. The molecule has 0 aromatic heterocycles. The summed E-state index contributed by atoms with van der Waals surface area (Å²) in [6.07, 6.45) is 3.11. The van der Waals surface area contributed by atoms with Crippen LogP contribution in [0.25, 0.3) is 0 Å². The molecule has 2 rings (SSSR count). The van der Waals surface area contributed by atoms with Crippen molar-refractivity contribution in [3.05, 3.63) is 23.4 Å². The van der Waals surface area contributed by atoms with Gasteiger partial charge in [-0.25, -0.2) is 4.79 Å². The fraction of sp³-hybridized carbons (Fsp3) is 0.125. The topological polar surface area (TPSA) is 85.5 Å². The molecule has 0 spiro atoms. The molecule has 0 saturated heterocycles. The van der Waals surface area contributed by atoms with Gasteiger partial charge in [0.2, 0.25) is 0 Å². The summed E-state index contributed by atoms with van der Waals surface area (Å²) in [6.45, 7) is 0. The van der Waals surface area contributed by atoms with E-state index in [-0.39, 0.29) is 0 Å². The van der Waals surface area contributed by atoms with Crippen LogP contribution in [0.5, 0.6) is 0 Å². The van der Waals surface area contributed by atoms with Gasteiger partial charge in [-0.15, -0.1) is 10.2 Å². The van der Waals surface area contributed by atoms with Crippen LogP contribution in [0.1, 0.15) is 0 Å². The molecule has 6 nitrogen and oxygen atoms in total. The molecule has 2 N–H and O–H groups in total. The van der Waals surface area contributed by atoms with Crippen molar-refractivity contribution in [2.45, 2.75) is 6.23 Å². The summed E-state index contributed by atoms with van der Waals surface area (Å²) in [5, 5.41) is 25.8. The zero-order valence-corrected chi connectivity index (χ0v) is 8.09. The lowest BCUT2D eigenvalue weighted by molar-refractivity contribution is -0.130. The second-order valence-electron chi connectivity index (χ2n) is 2.87. The van der Waals surface area contributed by atoms with Crippen LogP contribution in [0.2, 0.25) is 0 Å². The van der Waals surface area contributed by atoms with Gasteiger partial charge in [0.05, 0.1) is 0 Å². The number of nitrogens with zero attached hydrogens (tertiary/aromatic N) is 3. The highest BCUT2D eigenvalue weighted by Gasteiger charge is 2.31. The van der Waals surface area contributed by atoms with E-state index in [1.807, 2.05) is 0 Å². The number of allylic oxidation sites excluding steroid dienone is 2. The van der Waals surface area contributed by atoms with Gasteiger partial charge in [0.25, 0.3) is 0 Å². The minimum absolute atomic E-state index is 0.306. The van der Waals surface area contributed by atoms with Crippen LogP contribution < -0.4 is 0 Å². The number of carbonyl (C=O) groups is 1. The number of hydrogen-bond acceptors (Lipinski definition) is 5. The lowest BCUT2D eigenvalue weighted by atomic mass is 10.2. The van der Waals surface area contributed by atoms with Crippen LogP contribution in [-0.4, -0.2) is 38.9 Å². The number of halogens is 1. The van der Waals surface area contributed by atoms with Gasteiger partial charge in [-0.05, 0) is 6.08 Å². The number of amidine groups is 1. The van der Waals surface area contributed by atoms with Gasteiger partial charge in [-0.2, -0.15) is 0 Å². The number of aliphatic hydroxyl groups excluding tert-OH is 1. The Morgan fingerprint density at radius 3 is 2.93 bits per heavy atom. The van der Waals surface area contributed by atoms with E-state index in [0.717, 1.165) is 0 Å². The number of carboxylic acids is 1. The highest BCUT2D eigenvalue weighted by molar-refractivity contribution is 6.38. The third-order valence-electron chi connectivity index (χ3n) is 1.91. The number of aliphatic carboxylic acids is 1. The standard InChI is InChI=1S/C8H6ClN3O3/c9-4-1-2-12-5(3-4)10-11-6(7(12)13)8(14)15/h1-3,7,13H,(H,14,15). The summed E-state index contributed by atoms with van der Waals surface area (Å²) in [6, 6.07) is 0. The zero-order valence-electron chi connectivity index (χ0n) is 7.33. The smallest absolute Gasteiger partial charge is 0.356 e. The van der Waals surface area contributed by atoms with Gasteiger partial charge in [-0.1, -0.05) is 11.6 Å². The van der Waals surface area contributed by atoms with Crippen molar-refractivity contribution in [3.63, 3.8) is 0 Å². The van der Waals surface area contributed by atoms with Crippen LogP contribution in [0.15, 0.2) is 33.6 Å². The molecule has 0 fully saturated rings. The summed E-state index contributed by atoms with van der Waals surface area (Å²) in [7, 11) is 0. The van der Waals surface area contributed by atoms with Crippen molar-refractivity contribution in [3.8, 4) is 0 Å². The maximum Gasteiger partial charge on any atom is 0.356 e. The second-order valence-corrected chi connectivity index (χ2v) is 3.31. The molecule has 0 aromatic carbocycles. The fourth-order valence-corrected chi connectivity index (χ4v) is 1.36. The number of carboxylic acid groups (broad SMARTS) is 1. The number of fused-ring (bicyclic) bond motifs is 1. The van der Waals surface area contributed by atoms with E-state index in [4.69, 9.17) is 16.7 Å². The van der Waals surface area contributed by atoms with Gasteiger partial charge < -0.3 is 10.2 Å². The van der Waals surface area contributed by atoms with Gasteiger partial charge in [0, 0.05) is 17.3 Å². The zero-order chi connectivity index (χ0) is 11.0. The monoisotopic (exact) mass is 227 g/mol. The largest absolute Gasteiger partial charge is 0.477 e. The molecule has 15 heavy (non-hydrogen) atoms. The summed E-state index contributed by atoms with van der Waals surface area (Å²) in [5.41, 5.74) is -0.421. The van der Waals surface area contributed by atoms with Gasteiger partial charge in [0.1, 0.15) is 0 Å². The van der Waals surface area contributed by atoms with Crippen LogP contribution >= 0.6 is 11.6 Å². The van der Waals surface area contributed by atoms with Gasteiger partial charge in [-0.3, -0.25) is 4.90 Å². The van der Waals surface area contributed by atoms with Crippen molar-refractivity contribution in [2.75, 3.05) is 0 Å². The Morgan fingerprint density at radius 1 is 1.53 bits per heavy atom. The predicted octanol–water partition coefficient (Wildman–Crippen LogP) is 0.110. The molecule has 2 aliphatic heterocycles. The molecular weight excluding hydrogens is 222 g/mol. The number of rotatable bonds is 1. The van der Waals surface area contributed by atoms with Crippen LogP contribution in [0.3, 0.4) is 0 Å². The Labute approximate surface area is 89.5 Å². The van der Waals surface area contributed by atoms with Crippen molar-refractivity contribution < 1.29 is 15.0 Å². The molecule has 1 atom stereocenters. The summed E-state index contributed by atoms with van der Waals surface area (Å²) in [5.74, 6) is -1.00. The van der Waals surface area contributed by atoms with Crippen molar-refractivity contribution in [1.82, 2.24) is 4.90 Å². The first-order valence-electron chi connectivity index (χ1n) is 4.00. The van der Waals surface area contributed by atoms with Crippen molar-refractivity contribution >= 4 is 29.1 Å². The van der Waals surface area contributed by atoms with Crippen LogP contribution in [0, 0.1) is 0 Å². The van der Waals surface area contributed by atoms with Crippen molar-refractivity contribution in [1.29, 1.82) is 0 Å². The van der Waals surface area contributed by atoms with E-state index in [1.165, 1.54) is 23.3 Å². The first-order chi connectivity index (χ1) is 7.09. The molecule has 1 unspecified atom stereocenters.